The number of rotatable bonds is 8. The Morgan fingerprint density at radius 3 is 2.39 bits per heavy atom. The zero-order chi connectivity index (χ0) is 22.1. The van der Waals surface area contributed by atoms with E-state index in [1.165, 1.54) is 0 Å². The SMILES string of the molecule is C=C/C(=C\C(=C)C(C)=N/C=C\C)Nc1cc(-c2ccccc2)cc(-c2ccccn2)c1. The van der Waals surface area contributed by atoms with Crippen molar-refractivity contribution in [3.63, 3.8) is 0 Å². The number of nitrogens with one attached hydrogen (secondary N) is 1. The van der Waals surface area contributed by atoms with E-state index < -0.39 is 0 Å². The molecule has 3 aromatic rings. The first-order valence-electron chi connectivity index (χ1n) is 10.2. The van der Waals surface area contributed by atoms with Crippen molar-refractivity contribution in [3.8, 4) is 22.4 Å². The molecule has 0 saturated carbocycles. The van der Waals surface area contributed by atoms with Crippen molar-refractivity contribution in [3.05, 3.63) is 122 Å². The maximum atomic E-state index is 4.53. The highest BCUT2D eigenvalue weighted by Crippen LogP contribution is 2.30. The van der Waals surface area contributed by atoms with E-state index in [-0.39, 0.29) is 0 Å². The van der Waals surface area contributed by atoms with E-state index >= 15 is 0 Å². The Morgan fingerprint density at radius 2 is 1.71 bits per heavy atom. The number of aliphatic imine (C=N–C) groups is 1. The van der Waals surface area contributed by atoms with E-state index in [0.29, 0.717) is 0 Å². The second-order valence-electron chi connectivity index (χ2n) is 7.03. The number of hydrogen-bond acceptors (Lipinski definition) is 3. The molecule has 0 unspecified atom stereocenters. The highest BCUT2D eigenvalue weighted by molar-refractivity contribution is 6.00. The Bertz CT molecular complexity index is 1080. The average Bonchev–Trinajstić information content (AvgIpc) is 2.82. The Morgan fingerprint density at radius 1 is 0.968 bits per heavy atom. The summed E-state index contributed by atoms with van der Waals surface area (Å²) < 4.78 is 0. The predicted octanol–water partition coefficient (Wildman–Crippen LogP) is 7.45. The van der Waals surface area contributed by atoms with Crippen LogP contribution in [0.3, 0.4) is 0 Å². The minimum absolute atomic E-state index is 0.824. The van der Waals surface area contributed by atoms with Gasteiger partial charge in [0.05, 0.1) is 5.69 Å². The molecule has 0 aliphatic rings. The summed E-state index contributed by atoms with van der Waals surface area (Å²) in [5.74, 6) is 0. The van der Waals surface area contributed by atoms with Gasteiger partial charge in [-0.05, 0) is 73.0 Å². The number of anilines is 1. The molecule has 1 heterocycles. The fraction of sp³-hybridized carbons (Fsp3) is 0.0714. The summed E-state index contributed by atoms with van der Waals surface area (Å²) in [5.41, 5.74) is 7.69. The lowest BCUT2D eigenvalue weighted by Gasteiger charge is -2.13. The second kappa shape index (κ2) is 10.7. The van der Waals surface area contributed by atoms with Crippen LogP contribution >= 0.6 is 0 Å². The fourth-order valence-corrected chi connectivity index (χ4v) is 3.05. The van der Waals surface area contributed by atoms with E-state index in [9.17, 15) is 0 Å². The number of allylic oxidation sites excluding steroid dienone is 4. The van der Waals surface area contributed by atoms with Crippen molar-refractivity contribution in [1.82, 2.24) is 4.98 Å². The molecule has 0 spiro atoms. The predicted molar refractivity (Wildman–Crippen MR) is 134 cm³/mol. The van der Waals surface area contributed by atoms with Crippen molar-refractivity contribution >= 4 is 11.4 Å². The third-order valence-corrected chi connectivity index (χ3v) is 4.72. The van der Waals surface area contributed by atoms with E-state index in [2.05, 4.69) is 58.8 Å². The van der Waals surface area contributed by atoms with Gasteiger partial charge in [0.25, 0.3) is 0 Å². The van der Waals surface area contributed by atoms with E-state index in [0.717, 1.165) is 45.1 Å². The average molecular weight is 406 g/mol. The van der Waals surface area contributed by atoms with Gasteiger partial charge in [-0.1, -0.05) is 55.6 Å². The summed E-state index contributed by atoms with van der Waals surface area (Å²) >= 11 is 0. The van der Waals surface area contributed by atoms with Crippen molar-refractivity contribution < 1.29 is 0 Å². The molecule has 0 aliphatic heterocycles. The van der Waals surface area contributed by atoms with Gasteiger partial charge in [-0.3, -0.25) is 9.98 Å². The molecule has 0 radical (unpaired) electrons. The van der Waals surface area contributed by atoms with Gasteiger partial charge in [-0.15, -0.1) is 0 Å². The molecule has 0 fully saturated rings. The number of aromatic nitrogens is 1. The maximum Gasteiger partial charge on any atom is 0.0702 e. The molecule has 0 bridgehead atoms. The largest absolute Gasteiger partial charge is 0.355 e. The lowest BCUT2D eigenvalue weighted by Crippen LogP contribution is -2.01. The minimum Gasteiger partial charge on any atom is -0.355 e. The van der Waals surface area contributed by atoms with Crippen LogP contribution in [0.25, 0.3) is 22.4 Å². The maximum absolute atomic E-state index is 4.53. The van der Waals surface area contributed by atoms with Crippen molar-refractivity contribution in [2.75, 3.05) is 5.32 Å². The first-order valence-corrected chi connectivity index (χ1v) is 10.2. The van der Waals surface area contributed by atoms with Gasteiger partial charge in [0.15, 0.2) is 0 Å². The molecule has 3 rings (SSSR count). The van der Waals surface area contributed by atoms with Gasteiger partial charge in [0.1, 0.15) is 0 Å². The third kappa shape index (κ3) is 6.00. The summed E-state index contributed by atoms with van der Waals surface area (Å²) in [4.78, 5) is 8.89. The van der Waals surface area contributed by atoms with E-state index in [4.69, 9.17) is 0 Å². The van der Waals surface area contributed by atoms with Gasteiger partial charge >= 0.3 is 0 Å². The van der Waals surface area contributed by atoms with Crippen molar-refractivity contribution in [2.45, 2.75) is 13.8 Å². The molecule has 31 heavy (non-hydrogen) atoms. The molecule has 2 aromatic carbocycles. The Balaban J connectivity index is 2.00. The molecular formula is C28H27N3. The Hall–Kier alpha value is -3.98. The minimum atomic E-state index is 0.824. The standard InChI is InChI=1S/C28H27N3/c1-5-15-29-22(4)21(3)17-26(6-2)31-27-19-24(23-12-8-7-9-13-23)18-25(20-27)28-14-10-11-16-30-28/h5-20,31H,2-3H2,1,4H3/b15-5-,26-17+,29-22?. The fourth-order valence-electron chi connectivity index (χ4n) is 3.05. The quantitative estimate of drug-likeness (QED) is 0.312. The zero-order valence-corrected chi connectivity index (χ0v) is 18.0. The summed E-state index contributed by atoms with van der Waals surface area (Å²) in [7, 11) is 0. The summed E-state index contributed by atoms with van der Waals surface area (Å²) in [5, 5.41) is 3.47. The smallest absolute Gasteiger partial charge is 0.0702 e. The molecule has 1 aromatic heterocycles. The van der Waals surface area contributed by atoms with Crippen LogP contribution in [0.1, 0.15) is 13.8 Å². The Labute approximate surface area is 184 Å². The first kappa shape index (κ1) is 21.7. The second-order valence-corrected chi connectivity index (χ2v) is 7.03. The number of pyridine rings is 1. The van der Waals surface area contributed by atoms with Crippen molar-refractivity contribution in [2.24, 2.45) is 4.99 Å². The van der Waals surface area contributed by atoms with Crippen LogP contribution in [0.2, 0.25) is 0 Å². The van der Waals surface area contributed by atoms with Crippen LogP contribution in [0.4, 0.5) is 5.69 Å². The highest BCUT2D eigenvalue weighted by atomic mass is 14.9. The van der Waals surface area contributed by atoms with E-state index in [1.807, 2.05) is 68.6 Å². The first-order chi connectivity index (χ1) is 15.1. The number of nitrogens with zero attached hydrogens (tertiary/aromatic N) is 2. The van der Waals surface area contributed by atoms with Crippen LogP contribution in [-0.4, -0.2) is 10.7 Å². The van der Waals surface area contributed by atoms with Gasteiger partial charge in [-0.25, -0.2) is 0 Å². The molecule has 0 aliphatic carbocycles. The monoisotopic (exact) mass is 405 g/mol. The van der Waals surface area contributed by atoms with Gasteiger partial charge in [-0.2, -0.15) is 0 Å². The summed E-state index contributed by atoms with van der Waals surface area (Å²) in [6.07, 6.45) is 9.19. The summed E-state index contributed by atoms with van der Waals surface area (Å²) in [6.45, 7) is 12.0. The zero-order valence-electron chi connectivity index (χ0n) is 18.0. The van der Waals surface area contributed by atoms with Crippen molar-refractivity contribution in [1.29, 1.82) is 0 Å². The molecular weight excluding hydrogens is 378 g/mol. The topological polar surface area (TPSA) is 37.3 Å². The molecule has 0 atom stereocenters. The molecule has 0 saturated heterocycles. The summed E-state index contributed by atoms with van der Waals surface area (Å²) in [6, 6.07) is 22.6. The van der Waals surface area contributed by atoms with E-state index in [1.54, 1.807) is 12.3 Å². The molecule has 154 valence electrons. The Kier molecular flexibility index (Phi) is 7.50. The van der Waals surface area contributed by atoms with Crippen LogP contribution < -0.4 is 5.32 Å². The van der Waals surface area contributed by atoms with Crippen LogP contribution in [0.5, 0.6) is 0 Å². The lowest BCUT2D eigenvalue weighted by molar-refractivity contribution is 1.32. The normalized spacial score (nSPS) is 12.1. The van der Waals surface area contributed by atoms with Crippen LogP contribution in [0, 0.1) is 0 Å². The highest BCUT2D eigenvalue weighted by Gasteiger charge is 2.07. The van der Waals surface area contributed by atoms with Gasteiger partial charge < -0.3 is 5.32 Å². The molecule has 3 heteroatoms. The van der Waals surface area contributed by atoms with Gasteiger partial charge in [0.2, 0.25) is 0 Å². The molecule has 3 nitrogen and oxygen atoms in total. The van der Waals surface area contributed by atoms with Gasteiger partial charge in [0, 0.05) is 35.1 Å². The number of benzene rings is 2. The number of hydrogen-bond donors (Lipinski definition) is 1. The molecule has 1 N–H and O–H groups in total. The third-order valence-electron chi connectivity index (χ3n) is 4.72. The lowest BCUT2D eigenvalue weighted by atomic mass is 10.00. The molecule has 0 amide bonds. The van der Waals surface area contributed by atoms with Crippen LogP contribution in [0.15, 0.2) is 127 Å². The van der Waals surface area contributed by atoms with Crippen LogP contribution in [-0.2, 0) is 0 Å².